The largest absolute Gasteiger partial charge is 0.495 e. The number of esters is 1. The Kier molecular flexibility index (Phi) is 7.34. The normalized spacial score (nSPS) is 17.2. The number of halogens is 3. The lowest BCUT2D eigenvalue weighted by atomic mass is 9.92. The van der Waals surface area contributed by atoms with Crippen LogP contribution in [0.2, 0.25) is 0 Å². The number of hydrogen-bond donors (Lipinski definition) is 3. The molecule has 1 fully saturated rings. The molecule has 0 aromatic heterocycles. The van der Waals surface area contributed by atoms with Crippen molar-refractivity contribution in [1.82, 2.24) is 5.32 Å². The van der Waals surface area contributed by atoms with Crippen molar-refractivity contribution >= 4 is 17.7 Å². The maximum Gasteiger partial charge on any atom is 0.432 e. The van der Waals surface area contributed by atoms with Crippen LogP contribution in [-0.4, -0.2) is 43.0 Å². The highest BCUT2D eigenvalue weighted by molar-refractivity contribution is 5.91. The molecule has 1 aromatic carbocycles. The molecule has 1 saturated carbocycles. The van der Waals surface area contributed by atoms with Crippen molar-refractivity contribution < 1.29 is 37.3 Å². The van der Waals surface area contributed by atoms with Crippen LogP contribution in [0.15, 0.2) is 18.2 Å². The highest BCUT2D eigenvalue weighted by atomic mass is 19.4. The molecule has 0 radical (unpaired) electrons. The molecule has 0 spiro atoms. The second-order valence-electron chi connectivity index (χ2n) is 6.78. The molecule has 3 N–H and O–H groups in total. The molecule has 7 nitrogen and oxygen atoms in total. The zero-order chi connectivity index (χ0) is 21.7. The summed E-state index contributed by atoms with van der Waals surface area (Å²) in [6, 6.07) is 2.39. The SMILES string of the molecule is CCOC(=O)[C@](O)(c1ccc(NC(=O)NC2CCCCC2)c(OC)c1)C(F)(F)F. The average molecular weight is 418 g/mol. The standard InChI is InChI=1S/C19H25F3N2O5/c1-3-29-16(25)18(27,19(20,21)22)12-9-10-14(15(11-12)28-2)24-17(26)23-13-7-5-4-6-8-13/h9-11,13,27H,3-8H2,1-2H3,(H2,23,24,26)/t18-/m1/s1. The van der Waals surface area contributed by atoms with Crippen LogP contribution in [0.1, 0.15) is 44.6 Å². The first-order valence-corrected chi connectivity index (χ1v) is 9.35. The lowest BCUT2D eigenvalue weighted by molar-refractivity contribution is -0.267. The van der Waals surface area contributed by atoms with Crippen LogP contribution < -0.4 is 15.4 Å². The smallest absolute Gasteiger partial charge is 0.432 e. The Hall–Kier alpha value is -2.49. The first kappa shape index (κ1) is 22.8. The summed E-state index contributed by atoms with van der Waals surface area (Å²) in [5.74, 6) is -1.99. The second-order valence-corrected chi connectivity index (χ2v) is 6.78. The average Bonchev–Trinajstić information content (AvgIpc) is 2.67. The van der Waals surface area contributed by atoms with Crippen LogP contribution in [0.5, 0.6) is 5.75 Å². The number of anilines is 1. The van der Waals surface area contributed by atoms with Crippen molar-refractivity contribution in [3.05, 3.63) is 23.8 Å². The lowest BCUT2D eigenvalue weighted by Crippen LogP contribution is -2.50. The van der Waals surface area contributed by atoms with Gasteiger partial charge in [-0.3, -0.25) is 0 Å². The van der Waals surface area contributed by atoms with E-state index in [-0.39, 0.29) is 24.1 Å². The fourth-order valence-electron chi connectivity index (χ4n) is 3.24. The van der Waals surface area contributed by atoms with Gasteiger partial charge in [0.05, 0.1) is 19.4 Å². The van der Waals surface area contributed by atoms with Gasteiger partial charge in [-0.2, -0.15) is 13.2 Å². The Balaban J connectivity index is 2.26. The first-order chi connectivity index (χ1) is 13.6. The van der Waals surface area contributed by atoms with Crippen LogP contribution in [0, 0.1) is 0 Å². The predicted octanol–water partition coefficient (Wildman–Crippen LogP) is 3.46. The van der Waals surface area contributed by atoms with E-state index in [9.17, 15) is 27.9 Å². The van der Waals surface area contributed by atoms with Crippen LogP contribution >= 0.6 is 0 Å². The Morgan fingerprint density at radius 1 is 1.21 bits per heavy atom. The Morgan fingerprint density at radius 3 is 2.41 bits per heavy atom. The molecule has 2 rings (SSSR count). The lowest BCUT2D eigenvalue weighted by Gasteiger charge is -2.29. The number of carbonyl (C=O) groups excluding carboxylic acids is 2. The van der Waals surface area contributed by atoms with Crippen molar-refractivity contribution in [3.8, 4) is 5.75 Å². The number of nitrogens with one attached hydrogen (secondary N) is 2. The number of alkyl halides is 3. The summed E-state index contributed by atoms with van der Waals surface area (Å²) in [4.78, 5) is 24.1. The minimum absolute atomic E-state index is 0.0353. The van der Waals surface area contributed by atoms with Crippen molar-refractivity contribution in [1.29, 1.82) is 0 Å². The van der Waals surface area contributed by atoms with E-state index in [1.165, 1.54) is 14.0 Å². The van der Waals surface area contributed by atoms with Crippen LogP contribution in [0.4, 0.5) is 23.7 Å². The van der Waals surface area contributed by atoms with Gasteiger partial charge >= 0.3 is 18.2 Å². The number of ether oxygens (including phenoxy) is 2. The molecule has 29 heavy (non-hydrogen) atoms. The molecule has 10 heteroatoms. The van der Waals surface area contributed by atoms with Crippen LogP contribution in [0.3, 0.4) is 0 Å². The number of carbonyl (C=O) groups is 2. The molecular weight excluding hydrogens is 393 g/mol. The van der Waals surface area contributed by atoms with E-state index in [1.807, 2.05) is 0 Å². The molecule has 1 aliphatic carbocycles. The van der Waals surface area contributed by atoms with Gasteiger partial charge < -0.3 is 25.2 Å². The molecule has 1 aliphatic rings. The maximum absolute atomic E-state index is 13.5. The zero-order valence-electron chi connectivity index (χ0n) is 16.3. The third-order valence-electron chi connectivity index (χ3n) is 4.79. The van der Waals surface area contributed by atoms with E-state index >= 15 is 0 Å². The Morgan fingerprint density at radius 2 is 1.86 bits per heavy atom. The second kappa shape index (κ2) is 9.34. The van der Waals surface area contributed by atoms with Crippen molar-refractivity contribution in [3.63, 3.8) is 0 Å². The zero-order valence-corrected chi connectivity index (χ0v) is 16.3. The first-order valence-electron chi connectivity index (χ1n) is 9.35. The summed E-state index contributed by atoms with van der Waals surface area (Å²) in [7, 11) is 1.19. The quantitative estimate of drug-likeness (QED) is 0.615. The summed E-state index contributed by atoms with van der Waals surface area (Å²) in [6.07, 6.45) is -0.432. The van der Waals surface area contributed by atoms with Gasteiger partial charge in [-0.1, -0.05) is 25.3 Å². The fourth-order valence-corrected chi connectivity index (χ4v) is 3.24. The fraction of sp³-hybridized carbons (Fsp3) is 0.579. The number of rotatable bonds is 6. The number of aliphatic hydroxyl groups is 1. The highest BCUT2D eigenvalue weighted by Crippen LogP contribution is 2.42. The summed E-state index contributed by atoms with van der Waals surface area (Å²) in [6.45, 7) is 0.989. The van der Waals surface area contributed by atoms with Crippen LogP contribution in [-0.2, 0) is 15.1 Å². The topological polar surface area (TPSA) is 96.9 Å². The molecule has 0 unspecified atom stereocenters. The number of hydrogen-bond acceptors (Lipinski definition) is 5. The van der Waals surface area contributed by atoms with E-state index < -0.39 is 29.3 Å². The minimum Gasteiger partial charge on any atom is -0.495 e. The van der Waals surface area contributed by atoms with Crippen molar-refractivity contribution in [2.45, 2.75) is 56.8 Å². The summed E-state index contributed by atoms with van der Waals surface area (Å²) in [5, 5.41) is 15.5. The van der Waals surface area contributed by atoms with E-state index in [0.717, 1.165) is 50.3 Å². The van der Waals surface area contributed by atoms with Crippen LogP contribution in [0.25, 0.3) is 0 Å². The third-order valence-corrected chi connectivity index (χ3v) is 4.79. The maximum atomic E-state index is 13.5. The molecule has 0 saturated heterocycles. The van der Waals surface area contributed by atoms with E-state index in [2.05, 4.69) is 15.4 Å². The van der Waals surface area contributed by atoms with Crippen molar-refractivity contribution in [2.24, 2.45) is 0 Å². The summed E-state index contributed by atoms with van der Waals surface area (Å²) >= 11 is 0. The van der Waals surface area contributed by atoms with E-state index in [0.29, 0.717) is 0 Å². The van der Waals surface area contributed by atoms with Gasteiger partial charge in [0.2, 0.25) is 0 Å². The number of methoxy groups -OCH3 is 1. The molecule has 0 bridgehead atoms. The van der Waals surface area contributed by atoms with Gasteiger partial charge in [-0.05, 0) is 31.9 Å². The minimum atomic E-state index is -5.32. The number of amides is 2. The summed E-state index contributed by atoms with van der Waals surface area (Å²) in [5.41, 5.74) is -4.55. The van der Waals surface area contributed by atoms with Gasteiger partial charge in [-0.15, -0.1) is 0 Å². The highest BCUT2D eigenvalue weighted by Gasteiger charge is 2.62. The molecule has 0 aliphatic heterocycles. The number of benzene rings is 1. The third kappa shape index (κ3) is 5.11. The van der Waals surface area contributed by atoms with E-state index in [1.54, 1.807) is 0 Å². The molecule has 2 amide bonds. The Labute approximate surface area is 166 Å². The predicted molar refractivity (Wildman–Crippen MR) is 98.6 cm³/mol. The molecule has 0 heterocycles. The van der Waals surface area contributed by atoms with Gasteiger partial charge in [0.25, 0.3) is 5.60 Å². The van der Waals surface area contributed by atoms with Gasteiger partial charge in [-0.25, -0.2) is 9.59 Å². The van der Waals surface area contributed by atoms with Gasteiger partial charge in [0.1, 0.15) is 5.75 Å². The van der Waals surface area contributed by atoms with Crippen molar-refractivity contribution in [2.75, 3.05) is 19.0 Å². The molecular formula is C19H25F3N2O5. The van der Waals surface area contributed by atoms with Gasteiger partial charge in [0, 0.05) is 11.6 Å². The van der Waals surface area contributed by atoms with Gasteiger partial charge in [0.15, 0.2) is 0 Å². The molecule has 162 valence electrons. The monoisotopic (exact) mass is 418 g/mol. The van der Waals surface area contributed by atoms with E-state index in [4.69, 9.17) is 4.74 Å². The number of urea groups is 1. The summed E-state index contributed by atoms with van der Waals surface area (Å²) < 4.78 is 50.0. The molecule has 1 aromatic rings. The Bertz CT molecular complexity index is 735. The molecule has 1 atom stereocenters.